The molecule has 1 aromatic heterocycles. The minimum atomic E-state index is 0.560. The van der Waals surface area contributed by atoms with Gasteiger partial charge in [-0.05, 0) is 6.07 Å². The van der Waals surface area contributed by atoms with E-state index < -0.39 is 0 Å². The third-order valence-electron chi connectivity index (χ3n) is 2.75. The van der Waals surface area contributed by atoms with Crippen LogP contribution in [0.2, 0.25) is 0 Å². The number of aromatic amines is 1. The molecule has 3 N–H and O–H groups in total. The quantitative estimate of drug-likeness (QED) is 0.872. The average molecular weight is 247 g/mol. The van der Waals surface area contributed by atoms with Crippen LogP contribution in [0.15, 0.2) is 35.4 Å². The van der Waals surface area contributed by atoms with E-state index in [0.717, 1.165) is 24.3 Å². The van der Waals surface area contributed by atoms with Crippen molar-refractivity contribution in [3.05, 3.63) is 30.5 Å². The average Bonchev–Trinajstić information content (AvgIpc) is 2.70. The lowest BCUT2D eigenvalue weighted by molar-refractivity contribution is 0.0455. The first-order chi connectivity index (χ1) is 8.34. The van der Waals surface area contributed by atoms with Crippen LogP contribution >= 0.6 is 11.8 Å². The summed E-state index contributed by atoms with van der Waals surface area (Å²) in [5.41, 5.74) is 7.97. The molecule has 2 heterocycles. The summed E-state index contributed by atoms with van der Waals surface area (Å²) < 4.78 is 5.20. The molecule has 1 aliphatic heterocycles. The highest BCUT2D eigenvalue weighted by molar-refractivity contribution is 8.00. The molecule has 17 heavy (non-hydrogen) atoms. The van der Waals surface area contributed by atoms with Crippen molar-refractivity contribution < 1.29 is 4.74 Å². The Morgan fingerprint density at radius 1 is 1.29 bits per heavy atom. The molecule has 1 aromatic carbocycles. The maximum atomic E-state index is 5.87. The van der Waals surface area contributed by atoms with Gasteiger partial charge in [-0.3, -0.25) is 5.10 Å². The smallest absolute Gasteiger partial charge is 0.126 e. The first-order valence-corrected chi connectivity index (χ1v) is 6.35. The number of aromatic nitrogens is 2. The molecule has 0 spiro atoms. The standard InChI is InChI=1S/C12H13N3OS/c13-12-10(5-14-15-12)9-3-1-2-4-11(9)17-8-6-16-7-8/h1-5,8H,6-7H2,(H3,13,14,15). The highest BCUT2D eigenvalue weighted by atomic mass is 32.2. The second-order valence-electron chi connectivity index (χ2n) is 3.97. The fourth-order valence-electron chi connectivity index (χ4n) is 1.76. The van der Waals surface area contributed by atoms with E-state index in [9.17, 15) is 0 Å². The minimum Gasteiger partial charge on any atom is -0.384 e. The normalized spacial score (nSPS) is 15.8. The Kier molecular flexibility index (Phi) is 2.78. The third-order valence-corrected chi connectivity index (χ3v) is 3.96. The van der Waals surface area contributed by atoms with E-state index in [1.165, 1.54) is 4.90 Å². The molecular formula is C12H13N3OS. The van der Waals surface area contributed by atoms with Gasteiger partial charge in [-0.15, -0.1) is 11.8 Å². The molecule has 5 heteroatoms. The van der Waals surface area contributed by atoms with Crippen LogP contribution in [-0.2, 0) is 4.74 Å². The molecule has 1 aliphatic rings. The number of hydrogen-bond acceptors (Lipinski definition) is 4. The lowest BCUT2D eigenvalue weighted by atomic mass is 10.1. The van der Waals surface area contributed by atoms with Gasteiger partial charge in [0.1, 0.15) is 5.82 Å². The van der Waals surface area contributed by atoms with Crippen molar-refractivity contribution in [2.45, 2.75) is 10.1 Å². The molecule has 1 fully saturated rings. The van der Waals surface area contributed by atoms with E-state index in [1.54, 1.807) is 6.20 Å². The lowest BCUT2D eigenvalue weighted by Gasteiger charge is -2.26. The van der Waals surface area contributed by atoms with E-state index in [2.05, 4.69) is 22.3 Å². The first-order valence-electron chi connectivity index (χ1n) is 5.47. The Bertz CT molecular complexity index is 522. The highest BCUT2D eigenvalue weighted by Gasteiger charge is 2.21. The van der Waals surface area contributed by atoms with Gasteiger partial charge < -0.3 is 10.5 Å². The van der Waals surface area contributed by atoms with Crippen molar-refractivity contribution in [3.63, 3.8) is 0 Å². The maximum absolute atomic E-state index is 5.87. The van der Waals surface area contributed by atoms with Gasteiger partial charge in [-0.25, -0.2) is 0 Å². The molecule has 0 aliphatic carbocycles. The number of rotatable bonds is 3. The molecule has 0 unspecified atom stereocenters. The number of nitrogen functional groups attached to an aromatic ring is 1. The second-order valence-corrected chi connectivity index (χ2v) is 5.31. The predicted molar refractivity (Wildman–Crippen MR) is 68.9 cm³/mol. The van der Waals surface area contributed by atoms with Crippen molar-refractivity contribution in [3.8, 4) is 11.1 Å². The summed E-state index contributed by atoms with van der Waals surface area (Å²) in [5.74, 6) is 0.614. The van der Waals surface area contributed by atoms with Crippen LogP contribution in [0.3, 0.4) is 0 Å². The van der Waals surface area contributed by atoms with Gasteiger partial charge in [-0.1, -0.05) is 18.2 Å². The number of H-pyrrole nitrogens is 1. The number of nitrogens with zero attached hydrogens (tertiary/aromatic N) is 1. The highest BCUT2D eigenvalue weighted by Crippen LogP contribution is 2.37. The SMILES string of the molecule is Nc1[nH]ncc1-c1ccccc1SC1COC1. The monoisotopic (exact) mass is 247 g/mol. The summed E-state index contributed by atoms with van der Waals surface area (Å²) in [6.07, 6.45) is 1.77. The third kappa shape index (κ3) is 2.03. The number of hydrogen-bond donors (Lipinski definition) is 2. The zero-order valence-corrected chi connectivity index (χ0v) is 10.0. The van der Waals surface area contributed by atoms with Gasteiger partial charge in [0.05, 0.1) is 24.7 Å². The van der Waals surface area contributed by atoms with Crippen LogP contribution in [0.4, 0.5) is 5.82 Å². The lowest BCUT2D eigenvalue weighted by Crippen LogP contribution is -2.30. The van der Waals surface area contributed by atoms with Crippen molar-refractivity contribution in [2.75, 3.05) is 18.9 Å². The molecule has 3 rings (SSSR count). The molecule has 0 amide bonds. The molecule has 0 atom stereocenters. The summed E-state index contributed by atoms with van der Waals surface area (Å²) in [4.78, 5) is 1.23. The predicted octanol–water partition coefficient (Wildman–Crippen LogP) is 2.15. The number of ether oxygens (including phenoxy) is 1. The largest absolute Gasteiger partial charge is 0.384 e. The van der Waals surface area contributed by atoms with Crippen molar-refractivity contribution in [2.24, 2.45) is 0 Å². The first kappa shape index (κ1) is 10.7. The Balaban J connectivity index is 1.95. The minimum absolute atomic E-state index is 0.560. The fourth-order valence-corrected chi connectivity index (χ4v) is 2.91. The van der Waals surface area contributed by atoms with E-state index >= 15 is 0 Å². The molecule has 0 radical (unpaired) electrons. The molecule has 1 saturated heterocycles. The Morgan fingerprint density at radius 3 is 2.76 bits per heavy atom. The van der Waals surface area contributed by atoms with Crippen LogP contribution in [0, 0.1) is 0 Å². The zero-order valence-electron chi connectivity index (χ0n) is 9.22. The molecule has 0 bridgehead atoms. The number of nitrogens with one attached hydrogen (secondary N) is 1. The topological polar surface area (TPSA) is 63.9 Å². The fraction of sp³-hybridized carbons (Fsp3) is 0.250. The van der Waals surface area contributed by atoms with E-state index in [0.29, 0.717) is 11.1 Å². The summed E-state index contributed by atoms with van der Waals surface area (Å²) in [7, 11) is 0. The van der Waals surface area contributed by atoms with E-state index in [4.69, 9.17) is 10.5 Å². The van der Waals surface area contributed by atoms with Crippen LogP contribution in [0.25, 0.3) is 11.1 Å². The summed E-state index contributed by atoms with van der Waals surface area (Å²) in [6.45, 7) is 1.67. The van der Waals surface area contributed by atoms with Gasteiger partial charge in [0.25, 0.3) is 0 Å². The zero-order chi connectivity index (χ0) is 11.7. The van der Waals surface area contributed by atoms with Gasteiger partial charge in [0.15, 0.2) is 0 Å². The molecular weight excluding hydrogens is 234 g/mol. The van der Waals surface area contributed by atoms with Crippen LogP contribution < -0.4 is 5.73 Å². The number of nitrogens with two attached hydrogens (primary N) is 1. The summed E-state index contributed by atoms with van der Waals surface area (Å²) in [6, 6.07) is 8.25. The summed E-state index contributed by atoms with van der Waals surface area (Å²) >= 11 is 1.84. The van der Waals surface area contributed by atoms with Crippen LogP contribution in [-0.4, -0.2) is 28.7 Å². The van der Waals surface area contributed by atoms with Gasteiger partial charge in [0.2, 0.25) is 0 Å². The number of benzene rings is 1. The van der Waals surface area contributed by atoms with Gasteiger partial charge >= 0.3 is 0 Å². The van der Waals surface area contributed by atoms with Crippen LogP contribution in [0.5, 0.6) is 0 Å². The molecule has 2 aromatic rings. The number of thioether (sulfide) groups is 1. The van der Waals surface area contributed by atoms with Crippen molar-refractivity contribution in [1.29, 1.82) is 0 Å². The second kappa shape index (κ2) is 4.43. The Labute approximate surface area is 104 Å². The Morgan fingerprint density at radius 2 is 2.12 bits per heavy atom. The van der Waals surface area contributed by atoms with E-state index in [-0.39, 0.29) is 0 Å². The molecule has 88 valence electrons. The van der Waals surface area contributed by atoms with Gasteiger partial charge in [-0.2, -0.15) is 5.10 Å². The van der Waals surface area contributed by atoms with E-state index in [1.807, 2.05) is 23.9 Å². The summed E-state index contributed by atoms with van der Waals surface area (Å²) in [5, 5.41) is 7.30. The maximum Gasteiger partial charge on any atom is 0.126 e. The van der Waals surface area contributed by atoms with Crippen LogP contribution in [0.1, 0.15) is 0 Å². The van der Waals surface area contributed by atoms with Crippen molar-refractivity contribution >= 4 is 17.6 Å². The van der Waals surface area contributed by atoms with Crippen molar-refractivity contribution in [1.82, 2.24) is 10.2 Å². The molecule has 4 nitrogen and oxygen atoms in total. The molecule has 0 saturated carbocycles. The van der Waals surface area contributed by atoms with Gasteiger partial charge in [0, 0.05) is 16.0 Å². The Hall–Kier alpha value is -1.46. The number of anilines is 1.